The molecule has 66 heavy (non-hydrogen) atoms. The molecule has 6 aliphatic carbocycles. The fourth-order valence-corrected chi connectivity index (χ4v) is 25.4. The van der Waals surface area contributed by atoms with E-state index in [4.69, 9.17) is 26.6 Å². The molecule has 0 aromatic carbocycles. The Bertz CT molecular complexity index is 940. The third kappa shape index (κ3) is 24.1. The fourth-order valence-electron chi connectivity index (χ4n) is 12.1. The highest BCUT2D eigenvalue weighted by Crippen LogP contribution is 2.45. The molecule has 0 atom stereocenters. The van der Waals surface area contributed by atoms with E-state index in [1.807, 2.05) is 41.2 Å². The van der Waals surface area contributed by atoms with Gasteiger partial charge in [0.1, 0.15) is 0 Å². The fraction of sp³-hybridized carbons (Fsp3) is 1.00. The van der Waals surface area contributed by atoms with Gasteiger partial charge >= 0.3 is 17.6 Å². The highest BCUT2D eigenvalue weighted by Gasteiger charge is 2.48. The first kappa shape index (κ1) is 56.9. The Kier molecular flexibility index (Phi) is 30.8. The van der Waals surface area contributed by atoms with Gasteiger partial charge in [-0.25, -0.2) is 0 Å². The smallest absolute Gasteiger partial charge is 0.370 e. The predicted molar refractivity (Wildman–Crippen MR) is 294 cm³/mol. The van der Waals surface area contributed by atoms with Gasteiger partial charge in [-0.3, -0.25) is 0 Å². The van der Waals surface area contributed by atoms with Crippen LogP contribution >= 0.6 is 41.2 Å². The van der Waals surface area contributed by atoms with E-state index in [0.29, 0.717) is 36.6 Å². The molecule has 0 heterocycles. The molecule has 0 aromatic rings. The summed E-state index contributed by atoms with van der Waals surface area (Å²) in [4.78, 5) is 0. The molecule has 0 amide bonds. The predicted octanol–water partition coefficient (Wildman–Crippen LogP) is 19.1. The molecule has 6 rings (SSSR count). The van der Waals surface area contributed by atoms with Crippen molar-refractivity contribution in [3.05, 3.63) is 0 Å². The van der Waals surface area contributed by atoms with E-state index in [9.17, 15) is 0 Å². The van der Waals surface area contributed by atoms with Gasteiger partial charge in [0, 0.05) is 60.2 Å². The normalized spacial score (nSPS) is 24.5. The van der Waals surface area contributed by atoms with Gasteiger partial charge in [0.2, 0.25) is 0 Å². The molecule has 12 heteroatoms. The summed E-state index contributed by atoms with van der Waals surface area (Å²) in [5.74, 6) is 2.25. The van der Waals surface area contributed by atoms with E-state index >= 15 is 0 Å². The second kappa shape index (κ2) is 35.7. The van der Waals surface area contributed by atoms with Crippen LogP contribution in [0.1, 0.15) is 283 Å². The average molecular weight is 1030 g/mol. The average Bonchev–Trinajstić information content (AvgIpc) is 3.24. The van der Waals surface area contributed by atoms with E-state index < -0.39 is 17.6 Å². The van der Waals surface area contributed by atoms with Gasteiger partial charge in [-0.05, 0) is 110 Å². The van der Waals surface area contributed by atoms with Crippen LogP contribution in [0.5, 0.6) is 0 Å². The minimum absolute atomic E-state index is 0.307. The van der Waals surface area contributed by atoms with Crippen LogP contribution in [0.25, 0.3) is 0 Å². The summed E-state index contributed by atoms with van der Waals surface area (Å²) in [5, 5.41) is 0. The molecule has 6 fully saturated rings. The molecule has 0 aromatic heterocycles. The first-order valence-corrected chi connectivity index (χ1v) is 38.3. The van der Waals surface area contributed by atoms with Crippen molar-refractivity contribution in [2.75, 3.05) is 11.5 Å². The lowest BCUT2D eigenvalue weighted by molar-refractivity contribution is -0.0357. The quantitative estimate of drug-likeness (QED) is 0.0562. The Hall–Kier alpha value is 1.59. The minimum Gasteiger partial charge on any atom is -0.370 e. The van der Waals surface area contributed by atoms with Crippen LogP contribution in [-0.4, -0.2) is 65.7 Å². The highest BCUT2D eigenvalue weighted by molar-refractivity contribution is 9.26. The SMILES string of the molecule is C1CCCC(O[Si](CCCSSSSCCC[Si](OC2CCCCCCC2)(OC2CCCCCCC2)OC2CCCCCCC2)(OC2CCCCCCC2)OC2CCCCCCC2)CCC1. The zero-order valence-corrected chi connectivity index (χ0v) is 47.8. The molecule has 6 nitrogen and oxygen atoms in total. The van der Waals surface area contributed by atoms with Crippen LogP contribution < -0.4 is 0 Å². The molecule has 0 bridgehead atoms. The lowest BCUT2D eigenvalue weighted by atomic mass is 9.99. The van der Waals surface area contributed by atoms with Crippen molar-refractivity contribution in [2.45, 2.75) is 331 Å². The molecule has 0 unspecified atom stereocenters. The standard InChI is InChI=1S/C54H102O6S4Si2/c1-7-19-33-49(34-20-8-1)55-65(56-50-35-21-9-2-10-22-36-50,57-51-37-23-11-3-12-24-38-51)47-31-45-61-63-64-62-46-32-48-66(58-52-39-25-13-4-14-26-40-52,59-53-41-27-15-5-16-28-42-53)60-54-43-29-17-6-18-30-44-54/h49-54H,1-48H2. The van der Waals surface area contributed by atoms with E-state index in [1.165, 1.54) is 270 Å². The van der Waals surface area contributed by atoms with Crippen LogP contribution in [-0.2, 0) is 26.6 Å². The van der Waals surface area contributed by atoms with Crippen LogP contribution in [0.15, 0.2) is 0 Å². The zero-order chi connectivity index (χ0) is 45.5. The monoisotopic (exact) mass is 1030 g/mol. The summed E-state index contributed by atoms with van der Waals surface area (Å²) >= 11 is 0. The third-order valence-corrected chi connectivity index (χ3v) is 28.7. The van der Waals surface area contributed by atoms with Gasteiger partial charge in [-0.15, -0.1) is 0 Å². The molecule has 6 aliphatic rings. The van der Waals surface area contributed by atoms with Gasteiger partial charge in [-0.1, -0.05) is 214 Å². The summed E-state index contributed by atoms with van der Waals surface area (Å²) in [6, 6.07) is 1.97. The van der Waals surface area contributed by atoms with Crippen molar-refractivity contribution >= 4 is 58.8 Å². The van der Waals surface area contributed by atoms with Gasteiger partial charge < -0.3 is 26.6 Å². The lowest BCUT2D eigenvalue weighted by Gasteiger charge is -2.40. The maximum Gasteiger partial charge on any atom is 0.501 e. The van der Waals surface area contributed by atoms with Crippen molar-refractivity contribution in [1.82, 2.24) is 0 Å². The summed E-state index contributed by atoms with van der Waals surface area (Å²) < 4.78 is 44.9. The van der Waals surface area contributed by atoms with Crippen LogP contribution in [0.4, 0.5) is 0 Å². The summed E-state index contributed by atoms with van der Waals surface area (Å²) in [5.41, 5.74) is 0. The summed E-state index contributed by atoms with van der Waals surface area (Å²) in [6.07, 6.45) is 58.4. The van der Waals surface area contributed by atoms with E-state index in [1.54, 1.807) is 0 Å². The van der Waals surface area contributed by atoms with Gasteiger partial charge in [0.05, 0.1) is 0 Å². The van der Waals surface area contributed by atoms with Crippen molar-refractivity contribution in [3.63, 3.8) is 0 Å². The Labute approximate surface area is 425 Å². The van der Waals surface area contributed by atoms with E-state index in [-0.39, 0.29) is 0 Å². The second-order valence-electron chi connectivity index (χ2n) is 21.9. The van der Waals surface area contributed by atoms with Gasteiger partial charge in [0.15, 0.2) is 0 Å². The lowest BCUT2D eigenvalue weighted by Crippen LogP contribution is -2.53. The summed E-state index contributed by atoms with van der Waals surface area (Å²) in [6.45, 7) is 0. The van der Waals surface area contributed by atoms with Gasteiger partial charge in [-0.2, -0.15) is 0 Å². The van der Waals surface area contributed by atoms with Crippen molar-refractivity contribution < 1.29 is 26.6 Å². The molecule has 0 aliphatic heterocycles. The number of hydrogen-bond donors (Lipinski definition) is 0. The molecular weight excluding hydrogens is 929 g/mol. The maximum atomic E-state index is 7.48. The summed E-state index contributed by atoms with van der Waals surface area (Å²) in [7, 11) is 2.25. The largest absolute Gasteiger partial charge is 0.501 e. The first-order chi connectivity index (χ1) is 32.7. The van der Waals surface area contributed by atoms with Crippen LogP contribution in [0, 0.1) is 0 Å². The van der Waals surface area contributed by atoms with E-state index in [2.05, 4.69) is 0 Å². The van der Waals surface area contributed by atoms with Crippen molar-refractivity contribution in [3.8, 4) is 0 Å². The Balaban J connectivity index is 1.04. The van der Waals surface area contributed by atoms with Crippen LogP contribution in [0.3, 0.4) is 0 Å². The molecule has 0 radical (unpaired) electrons. The molecule has 0 saturated heterocycles. The molecular formula is C54H102O6S4Si2. The number of rotatable bonds is 23. The van der Waals surface area contributed by atoms with E-state index in [0.717, 1.165) is 36.4 Å². The highest BCUT2D eigenvalue weighted by atomic mass is 33.7. The zero-order valence-electron chi connectivity index (χ0n) is 42.5. The third-order valence-electron chi connectivity index (χ3n) is 15.9. The molecule has 0 spiro atoms. The molecule has 6 saturated carbocycles. The molecule has 0 N–H and O–H groups in total. The Morgan fingerprint density at radius 2 is 0.409 bits per heavy atom. The van der Waals surface area contributed by atoms with Crippen LogP contribution in [0.2, 0.25) is 12.1 Å². The van der Waals surface area contributed by atoms with Crippen molar-refractivity contribution in [1.29, 1.82) is 0 Å². The minimum atomic E-state index is -2.91. The first-order valence-electron chi connectivity index (χ1n) is 29.3. The Morgan fingerprint density at radius 1 is 0.242 bits per heavy atom. The number of hydrogen-bond acceptors (Lipinski definition) is 10. The van der Waals surface area contributed by atoms with Gasteiger partial charge in [0.25, 0.3) is 0 Å². The Morgan fingerprint density at radius 3 is 0.591 bits per heavy atom. The molecule has 386 valence electrons. The maximum absolute atomic E-state index is 7.48. The van der Waals surface area contributed by atoms with Crippen molar-refractivity contribution in [2.24, 2.45) is 0 Å². The topological polar surface area (TPSA) is 55.4 Å². The second-order valence-corrected chi connectivity index (χ2v) is 33.2.